The normalized spacial score (nSPS) is 13.4. The fourth-order valence-corrected chi connectivity index (χ4v) is 7.33. The highest BCUT2D eigenvalue weighted by Gasteiger charge is 2.32. The Balaban J connectivity index is 1.59. The van der Waals surface area contributed by atoms with Crippen molar-refractivity contribution >= 4 is 51.3 Å². The average molecular weight is 800 g/mol. The van der Waals surface area contributed by atoms with E-state index in [-0.39, 0.29) is 18.7 Å². The molecule has 316 valence electrons. The van der Waals surface area contributed by atoms with Crippen molar-refractivity contribution in [2.75, 3.05) is 13.1 Å². The summed E-state index contributed by atoms with van der Waals surface area (Å²) in [5.41, 5.74) is 20.4. The lowest BCUT2D eigenvalue weighted by atomic mass is 10.00. The largest absolute Gasteiger partial charge is 0.368 e. The number of unbranched alkanes of at least 4 members (excludes halogenated alkanes) is 8. The predicted molar refractivity (Wildman–Crippen MR) is 229 cm³/mol. The summed E-state index contributed by atoms with van der Waals surface area (Å²) in [6, 6.07) is 11.1. The molecule has 58 heavy (non-hydrogen) atoms. The summed E-state index contributed by atoms with van der Waals surface area (Å²) in [5.74, 6) is -2.61. The lowest BCUT2D eigenvalue weighted by molar-refractivity contribution is -0.134. The monoisotopic (exact) mass is 800 g/mol. The number of nitrogens with one attached hydrogen (secondary N) is 6. The van der Waals surface area contributed by atoms with Gasteiger partial charge < -0.3 is 48.4 Å². The molecule has 0 unspecified atom stereocenters. The van der Waals surface area contributed by atoms with Gasteiger partial charge in [0.2, 0.25) is 29.5 Å². The number of hydrogen-bond acceptors (Lipinski definition) is 7. The first-order chi connectivity index (χ1) is 28.1. The maximum atomic E-state index is 14.5. The molecule has 14 heteroatoms. The van der Waals surface area contributed by atoms with Gasteiger partial charge in [0, 0.05) is 53.5 Å². The Kier molecular flexibility index (Phi) is 19.2. The first-order valence-electron chi connectivity index (χ1n) is 21.1. The third kappa shape index (κ3) is 14.3. The number of carbonyl (C=O) groups excluding carboxylic acids is 5. The van der Waals surface area contributed by atoms with Crippen LogP contribution in [0, 0.1) is 0 Å². The highest BCUT2D eigenvalue weighted by atomic mass is 16.2. The van der Waals surface area contributed by atoms with Crippen LogP contribution in [-0.2, 0) is 36.8 Å². The maximum absolute atomic E-state index is 14.5. The molecule has 0 spiro atoms. The number of H-pyrrole nitrogens is 2. The Bertz CT molecular complexity index is 1910. The fraction of sp³-hybridized carbons (Fsp3) is 0.523. The second kappa shape index (κ2) is 24.5. The van der Waals surface area contributed by atoms with Gasteiger partial charge in [0.05, 0.1) is 0 Å². The van der Waals surface area contributed by atoms with Crippen molar-refractivity contribution in [2.24, 2.45) is 17.2 Å². The number of fused-ring (bicyclic) bond motifs is 2. The van der Waals surface area contributed by atoms with Crippen LogP contribution in [0.5, 0.6) is 0 Å². The van der Waals surface area contributed by atoms with E-state index in [9.17, 15) is 24.0 Å². The minimum Gasteiger partial charge on any atom is -0.368 e. The lowest BCUT2D eigenvalue weighted by Crippen LogP contribution is -2.59. The highest BCUT2D eigenvalue weighted by molar-refractivity contribution is 5.96. The molecule has 4 rings (SSSR count). The van der Waals surface area contributed by atoms with Crippen LogP contribution in [0.1, 0.15) is 108 Å². The number of rotatable bonds is 28. The molecule has 12 N–H and O–H groups in total. The first kappa shape index (κ1) is 45.5. The van der Waals surface area contributed by atoms with Gasteiger partial charge in [0.25, 0.3) is 0 Å². The van der Waals surface area contributed by atoms with E-state index in [1.807, 2.05) is 48.5 Å². The molecule has 0 aliphatic rings. The summed E-state index contributed by atoms with van der Waals surface area (Å²) in [4.78, 5) is 74.7. The molecule has 2 aromatic heterocycles. The van der Waals surface area contributed by atoms with E-state index in [2.05, 4.69) is 38.2 Å². The zero-order chi connectivity index (χ0) is 41.7. The molecule has 2 aromatic carbocycles. The Morgan fingerprint density at radius 2 is 1.00 bits per heavy atom. The van der Waals surface area contributed by atoms with E-state index in [1.165, 1.54) is 19.3 Å². The summed E-state index contributed by atoms with van der Waals surface area (Å²) >= 11 is 0. The van der Waals surface area contributed by atoms with Crippen LogP contribution in [0.15, 0.2) is 60.9 Å². The number of aromatic nitrogens is 2. The van der Waals surface area contributed by atoms with Gasteiger partial charge in [-0.2, -0.15) is 0 Å². The Labute approximate surface area is 342 Å². The molecule has 0 aliphatic heterocycles. The molecule has 0 saturated heterocycles. The molecule has 4 aromatic rings. The SMILES string of the molecule is CCCCCCCCCC(=O)N[C@@H](CCCCN)C(=O)N[C@@H](Cc1c[nH]c2ccccc12)C(=O)N[C@@H](Cc1c[nH]c2ccccc12)C(=O)N[C@@H](CCCCN)C(N)=O. The number of nitrogens with two attached hydrogens (primary N) is 3. The van der Waals surface area contributed by atoms with Crippen LogP contribution in [0.4, 0.5) is 0 Å². The lowest BCUT2D eigenvalue weighted by Gasteiger charge is -2.26. The standard InChI is InChI=1S/C44H65N9O5/c1-2-3-4-5-6-7-8-23-40(54)50-37(22-14-16-25-46)42(56)52-39(27-31-29-49-35-20-12-10-18-33(31)35)44(58)53-38(26-30-28-48-34-19-11-9-17-32(30)34)43(57)51-36(41(47)55)21-13-15-24-45/h9-12,17-20,28-29,36-39,48-49H,2-8,13-16,21-27,45-46H2,1H3,(H2,47,55)(H,50,54)(H,51,57)(H,52,56)(H,53,58)/t36-,37-,38-,39-/m0/s1. The van der Waals surface area contributed by atoms with E-state index in [0.29, 0.717) is 58.0 Å². The molecule has 2 heterocycles. The van der Waals surface area contributed by atoms with Crippen molar-refractivity contribution in [1.29, 1.82) is 0 Å². The number of aromatic amines is 2. The third-order valence-electron chi connectivity index (χ3n) is 10.7. The van der Waals surface area contributed by atoms with Gasteiger partial charge in [-0.1, -0.05) is 81.8 Å². The third-order valence-corrected chi connectivity index (χ3v) is 10.7. The van der Waals surface area contributed by atoms with E-state index in [4.69, 9.17) is 17.2 Å². The molecule has 0 saturated carbocycles. The predicted octanol–water partition coefficient (Wildman–Crippen LogP) is 4.26. The molecule has 14 nitrogen and oxygen atoms in total. The van der Waals surface area contributed by atoms with E-state index >= 15 is 0 Å². The molecule has 0 aliphatic carbocycles. The van der Waals surface area contributed by atoms with Crippen molar-refractivity contribution in [3.8, 4) is 0 Å². The fourth-order valence-electron chi connectivity index (χ4n) is 7.33. The minimum absolute atomic E-state index is 0.0833. The van der Waals surface area contributed by atoms with Crippen molar-refractivity contribution in [2.45, 2.75) is 134 Å². The topological polar surface area (TPSA) is 243 Å². The molecular weight excluding hydrogens is 735 g/mol. The summed E-state index contributed by atoms with van der Waals surface area (Å²) in [7, 11) is 0. The molecule has 0 bridgehead atoms. The van der Waals surface area contributed by atoms with E-state index in [1.54, 1.807) is 12.4 Å². The van der Waals surface area contributed by atoms with Crippen LogP contribution < -0.4 is 38.5 Å². The summed E-state index contributed by atoms with van der Waals surface area (Å²) in [6.45, 7) is 3.05. The van der Waals surface area contributed by atoms with E-state index in [0.717, 1.165) is 58.6 Å². The minimum atomic E-state index is -1.15. The molecule has 0 fully saturated rings. The summed E-state index contributed by atoms with van der Waals surface area (Å²) < 4.78 is 0. The number of amides is 5. The van der Waals surface area contributed by atoms with Gasteiger partial charge in [-0.3, -0.25) is 24.0 Å². The van der Waals surface area contributed by atoms with Crippen LogP contribution >= 0.6 is 0 Å². The zero-order valence-corrected chi connectivity index (χ0v) is 34.1. The molecule has 0 radical (unpaired) electrons. The second-order valence-corrected chi connectivity index (χ2v) is 15.3. The zero-order valence-electron chi connectivity index (χ0n) is 34.1. The summed E-state index contributed by atoms with van der Waals surface area (Å²) in [5, 5.41) is 13.3. The van der Waals surface area contributed by atoms with Crippen molar-refractivity contribution in [3.05, 3.63) is 72.1 Å². The van der Waals surface area contributed by atoms with Gasteiger partial charge in [0.15, 0.2) is 0 Å². The maximum Gasteiger partial charge on any atom is 0.243 e. The van der Waals surface area contributed by atoms with Gasteiger partial charge in [0.1, 0.15) is 24.2 Å². The second-order valence-electron chi connectivity index (χ2n) is 15.3. The van der Waals surface area contributed by atoms with Crippen molar-refractivity contribution in [1.82, 2.24) is 31.2 Å². The van der Waals surface area contributed by atoms with Gasteiger partial charge in [-0.15, -0.1) is 0 Å². The van der Waals surface area contributed by atoms with Gasteiger partial charge in [-0.25, -0.2) is 0 Å². The number of carbonyl (C=O) groups is 5. The van der Waals surface area contributed by atoms with Crippen LogP contribution in [-0.4, -0.2) is 76.8 Å². The smallest absolute Gasteiger partial charge is 0.243 e. The van der Waals surface area contributed by atoms with Crippen LogP contribution in [0.3, 0.4) is 0 Å². The number of hydrogen-bond donors (Lipinski definition) is 9. The molecule has 4 atom stereocenters. The van der Waals surface area contributed by atoms with Gasteiger partial charge >= 0.3 is 0 Å². The van der Waals surface area contributed by atoms with E-state index < -0.39 is 47.8 Å². The quantitative estimate of drug-likeness (QED) is 0.0378. The average Bonchev–Trinajstić information content (AvgIpc) is 3.83. The highest BCUT2D eigenvalue weighted by Crippen LogP contribution is 2.22. The number of primary amides is 1. The van der Waals surface area contributed by atoms with Crippen molar-refractivity contribution < 1.29 is 24.0 Å². The van der Waals surface area contributed by atoms with Crippen LogP contribution in [0.25, 0.3) is 21.8 Å². The molecular formula is C44H65N9O5. The first-order valence-corrected chi connectivity index (χ1v) is 21.1. The van der Waals surface area contributed by atoms with Crippen LogP contribution in [0.2, 0.25) is 0 Å². The Morgan fingerprint density at radius 1 is 0.552 bits per heavy atom. The number of benzene rings is 2. The Hall–Kier alpha value is -5.21. The summed E-state index contributed by atoms with van der Waals surface area (Å²) in [6.07, 6.45) is 14.6. The number of para-hydroxylation sites is 2. The molecule has 5 amide bonds. The van der Waals surface area contributed by atoms with Gasteiger partial charge in [-0.05, 0) is 81.3 Å². The van der Waals surface area contributed by atoms with Crippen molar-refractivity contribution in [3.63, 3.8) is 0 Å². The Morgan fingerprint density at radius 3 is 1.50 bits per heavy atom.